The van der Waals surface area contributed by atoms with Crippen molar-refractivity contribution in [2.75, 3.05) is 6.61 Å². The molecule has 0 aromatic rings. The van der Waals surface area contributed by atoms with E-state index in [4.69, 9.17) is 4.84 Å². The Morgan fingerprint density at radius 3 is 2.11 bits per heavy atom. The summed E-state index contributed by atoms with van der Waals surface area (Å²) in [6.45, 7) is 14.5. The third-order valence-corrected chi connectivity index (χ3v) is 9.29. The van der Waals surface area contributed by atoms with Crippen LogP contribution in [0.5, 0.6) is 0 Å². The Balaban J connectivity index is 0. The maximum atomic E-state index is 5.53. The van der Waals surface area contributed by atoms with Gasteiger partial charge in [-0.05, 0) is 0 Å². The molecule has 1 N–H and O–H groups in total. The summed E-state index contributed by atoms with van der Waals surface area (Å²) < 4.78 is 4.96. The molecule has 0 heterocycles. The molecule has 19 heavy (non-hydrogen) atoms. The van der Waals surface area contributed by atoms with Crippen molar-refractivity contribution in [3.63, 3.8) is 0 Å². The van der Waals surface area contributed by atoms with Crippen LogP contribution in [-0.4, -0.2) is 6.61 Å². The Morgan fingerprint density at radius 1 is 1.11 bits per heavy atom. The van der Waals surface area contributed by atoms with Gasteiger partial charge in [0.1, 0.15) is 0 Å². The van der Waals surface area contributed by atoms with Gasteiger partial charge in [-0.1, -0.05) is 0 Å². The van der Waals surface area contributed by atoms with E-state index < -0.39 is 23.2 Å². The van der Waals surface area contributed by atoms with Gasteiger partial charge in [-0.2, -0.15) is 0 Å². The molecule has 0 atom stereocenters. The van der Waals surface area contributed by atoms with E-state index in [-0.39, 0.29) is 30.2 Å². The third-order valence-electron chi connectivity index (χ3n) is 3.91. The third kappa shape index (κ3) is 5.28. The van der Waals surface area contributed by atoms with Crippen molar-refractivity contribution in [1.29, 1.82) is 0 Å². The molecular weight excluding hydrogens is 448 g/mol. The summed E-state index contributed by atoms with van der Waals surface area (Å²) in [5.41, 5.74) is 4.81. The van der Waals surface area contributed by atoms with E-state index in [2.05, 4.69) is 45.0 Å². The largest absolute Gasteiger partial charge is 1.00 e. The first-order valence-corrected chi connectivity index (χ1v) is 10.0. The summed E-state index contributed by atoms with van der Waals surface area (Å²) in [5.74, 6) is 0. The van der Waals surface area contributed by atoms with Gasteiger partial charge in [-0.3, -0.25) is 0 Å². The van der Waals surface area contributed by atoms with Crippen molar-refractivity contribution < 1.29 is 52.8 Å². The van der Waals surface area contributed by atoms with Gasteiger partial charge in [-0.25, -0.2) is 0 Å². The molecule has 0 saturated carbocycles. The first-order chi connectivity index (χ1) is 7.92. The van der Waals surface area contributed by atoms with Gasteiger partial charge < -0.3 is 24.8 Å². The predicted molar refractivity (Wildman–Crippen MR) is 68.9 cm³/mol. The molecule has 1 aliphatic carbocycles. The predicted octanol–water partition coefficient (Wildman–Crippen LogP) is -2.04. The molecule has 0 aromatic carbocycles. The number of halogens is 2. The standard InChI is InChI=1S/C10H15.C4H10NO.2ClH.Hf/c1-7-6-10(4,5)9(3)8(7)2;1-2-3-4-6-5;;;/h1-5H3;5H,2-4H2,1H3;2*1H;/q;-1;;;+3/p-2. The molecular formula is C14H25Cl2HfNO. The van der Waals surface area contributed by atoms with Gasteiger partial charge in [0, 0.05) is 0 Å². The van der Waals surface area contributed by atoms with Crippen LogP contribution in [0.2, 0.25) is 0 Å². The smallest absolute Gasteiger partial charge is 1.00 e. The minimum Gasteiger partial charge on any atom is -1.00 e. The fourth-order valence-corrected chi connectivity index (χ4v) is 6.33. The normalized spacial score (nSPS) is 16.9. The summed E-state index contributed by atoms with van der Waals surface area (Å²) in [4.78, 5) is 5.53. The molecule has 1 aliphatic rings. The van der Waals surface area contributed by atoms with Crippen molar-refractivity contribution >= 4 is 0 Å². The number of unbranched alkanes of at least 4 members (excludes halogenated alkanes) is 1. The number of hydrogen-bond donors (Lipinski definition) is 1. The van der Waals surface area contributed by atoms with Gasteiger partial charge in [0.2, 0.25) is 0 Å². The number of allylic oxidation sites excluding steroid dienone is 4. The van der Waals surface area contributed by atoms with E-state index in [1.165, 1.54) is 23.1 Å². The molecule has 0 aliphatic heterocycles. The van der Waals surface area contributed by atoms with Crippen molar-refractivity contribution in [2.24, 2.45) is 5.41 Å². The molecule has 0 radical (unpaired) electrons. The molecule has 5 heteroatoms. The Bertz CT molecular complexity index is 351. The first-order valence-electron chi connectivity index (χ1n) is 6.45. The van der Waals surface area contributed by atoms with Gasteiger partial charge >= 0.3 is 118 Å². The van der Waals surface area contributed by atoms with E-state index in [0.29, 0.717) is 0 Å². The van der Waals surface area contributed by atoms with Crippen molar-refractivity contribution in [3.05, 3.63) is 20.0 Å². The van der Waals surface area contributed by atoms with E-state index >= 15 is 0 Å². The summed E-state index contributed by atoms with van der Waals surface area (Å²) in [7, 11) is 0. The van der Waals surface area contributed by atoms with E-state index in [9.17, 15) is 0 Å². The first kappa shape index (κ1) is 22.1. The number of hydrogen-bond acceptors (Lipinski definition) is 2. The van der Waals surface area contributed by atoms with Gasteiger partial charge in [0.05, 0.1) is 0 Å². The quantitative estimate of drug-likeness (QED) is 0.273. The van der Waals surface area contributed by atoms with Crippen LogP contribution in [0.25, 0.3) is 0 Å². The Hall–Kier alpha value is 0.850. The van der Waals surface area contributed by atoms with Crippen molar-refractivity contribution in [2.45, 2.75) is 54.4 Å². The van der Waals surface area contributed by atoms with Crippen LogP contribution in [0.1, 0.15) is 54.4 Å². The molecule has 2 nitrogen and oxygen atoms in total. The average molecular weight is 473 g/mol. The monoisotopic (exact) mass is 473 g/mol. The number of rotatable bonds is 6. The fourth-order valence-electron chi connectivity index (χ4n) is 2.20. The maximum absolute atomic E-state index is 5.53. The minimum atomic E-state index is -1.02. The Labute approximate surface area is 142 Å². The molecule has 0 saturated heterocycles. The van der Waals surface area contributed by atoms with E-state index in [1.807, 2.05) is 0 Å². The Kier molecular flexibility index (Phi) is 11.3. The zero-order valence-electron chi connectivity index (χ0n) is 12.8. The van der Waals surface area contributed by atoms with Crippen LogP contribution in [-0.2, 0) is 28.0 Å². The van der Waals surface area contributed by atoms with Gasteiger partial charge in [0.15, 0.2) is 0 Å². The topological polar surface area (TPSA) is 21.3 Å². The van der Waals surface area contributed by atoms with Crippen LogP contribution >= 0.6 is 0 Å². The summed E-state index contributed by atoms with van der Waals surface area (Å²) in [5, 5.41) is 0. The van der Waals surface area contributed by atoms with Gasteiger partial charge in [-0.15, -0.1) is 0 Å². The zero-order chi connectivity index (χ0) is 13.1. The van der Waals surface area contributed by atoms with Crippen molar-refractivity contribution in [1.82, 2.24) is 3.47 Å². The second-order valence-electron chi connectivity index (χ2n) is 5.30. The Morgan fingerprint density at radius 2 is 1.68 bits per heavy atom. The van der Waals surface area contributed by atoms with E-state index in [0.717, 1.165) is 13.0 Å². The second kappa shape index (κ2) is 9.73. The van der Waals surface area contributed by atoms with Crippen LogP contribution in [0, 0.1) is 5.41 Å². The fraction of sp³-hybridized carbons (Fsp3) is 0.714. The van der Waals surface area contributed by atoms with Crippen LogP contribution in [0.3, 0.4) is 0 Å². The molecule has 0 unspecified atom stereocenters. The van der Waals surface area contributed by atoms with E-state index in [1.54, 1.807) is 3.33 Å². The molecule has 0 amide bonds. The summed E-state index contributed by atoms with van der Waals surface area (Å²) in [6, 6.07) is 0. The number of nitrogens with one attached hydrogen (secondary N) is 1. The molecule has 0 spiro atoms. The molecule has 1 rings (SSSR count). The molecule has 0 bridgehead atoms. The second-order valence-corrected chi connectivity index (χ2v) is 8.73. The van der Waals surface area contributed by atoms with Crippen LogP contribution < -0.4 is 28.3 Å². The van der Waals surface area contributed by atoms with Crippen molar-refractivity contribution in [3.8, 4) is 0 Å². The SMILES string of the molecule is CCCCO[NH][Hf+2][C]1=C(C)C(C)=C(C)C1(C)C.[Cl-].[Cl-]. The summed E-state index contributed by atoms with van der Waals surface area (Å²) in [6.07, 6.45) is 2.34. The maximum Gasteiger partial charge on any atom is -1.00 e. The molecule has 110 valence electrons. The van der Waals surface area contributed by atoms with Crippen LogP contribution in [0.4, 0.5) is 0 Å². The average Bonchev–Trinajstić information content (AvgIpc) is 2.43. The summed E-state index contributed by atoms with van der Waals surface area (Å²) >= 11 is -1.02. The molecule has 0 aromatic heterocycles. The molecule has 0 fully saturated rings. The van der Waals surface area contributed by atoms with Gasteiger partial charge in [0.25, 0.3) is 0 Å². The zero-order valence-corrected chi connectivity index (χ0v) is 17.9. The van der Waals surface area contributed by atoms with Crippen LogP contribution in [0.15, 0.2) is 20.0 Å². The minimum absolute atomic E-state index is 0.